The zero-order valence-corrected chi connectivity index (χ0v) is 13.6. The topological polar surface area (TPSA) is 46.2 Å². The van der Waals surface area contributed by atoms with E-state index < -0.39 is 11.6 Å². The van der Waals surface area contributed by atoms with Crippen LogP contribution in [0.4, 0.5) is 0 Å². The Hall–Kier alpha value is -1.64. The first-order valence-corrected chi connectivity index (χ1v) is 7.40. The SMILES string of the molecule is Cc1ccc(C(O)(c2ccc(C)cc2C)C(C)N)c(C)c1. The highest BCUT2D eigenvalue weighted by atomic mass is 16.3. The normalized spacial score (nSPS) is 13.3. The smallest absolute Gasteiger partial charge is 0.130 e. The van der Waals surface area contributed by atoms with Crippen LogP contribution in [0.1, 0.15) is 40.3 Å². The lowest BCUT2D eigenvalue weighted by Gasteiger charge is -2.35. The molecule has 0 saturated carbocycles. The van der Waals surface area contributed by atoms with Crippen molar-refractivity contribution in [1.29, 1.82) is 0 Å². The minimum absolute atomic E-state index is 0.402. The first-order chi connectivity index (χ1) is 9.76. The molecule has 112 valence electrons. The van der Waals surface area contributed by atoms with Crippen molar-refractivity contribution in [3.8, 4) is 0 Å². The Morgan fingerprint density at radius 3 is 1.52 bits per heavy atom. The molecule has 0 fully saturated rings. The van der Waals surface area contributed by atoms with Gasteiger partial charge in [0.1, 0.15) is 5.60 Å². The van der Waals surface area contributed by atoms with Gasteiger partial charge in [-0.05, 0) is 56.9 Å². The Labute approximate surface area is 127 Å². The van der Waals surface area contributed by atoms with Crippen LogP contribution in [-0.2, 0) is 5.60 Å². The van der Waals surface area contributed by atoms with Crippen molar-refractivity contribution in [2.75, 3.05) is 0 Å². The molecule has 2 aromatic rings. The van der Waals surface area contributed by atoms with Crippen LogP contribution in [0, 0.1) is 27.7 Å². The van der Waals surface area contributed by atoms with E-state index in [1.54, 1.807) is 0 Å². The molecule has 0 spiro atoms. The fraction of sp³-hybridized carbons (Fsp3) is 0.368. The van der Waals surface area contributed by atoms with Crippen molar-refractivity contribution >= 4 is 0 Å². The summed E-state index contributed by atoms with van der Waals surface area (Å²) in [6.07, 6.45) is 0. The van der Waals surface area contributed by atoms with Gasteiger partial charge in [0.05, 0.1) is 0 Å². The van der Waals surface area contributed by atoms with Gasteiger partial charge in [0.2, 0.25) is 0 Å². The molecule has 2 nitrogen and oxygen atoms in total. The number of aliphatic hydroxyl groups is 1. The molecule has 3 N–H and O–H groups in total. The van der Waals surface area contributed by atoms with E-state index in [0.717, 1.165) is 22.3 Å². The van der Waals surface area contributed by atoms with Crippen LogP contribution < -0.4 is 5.73 Å². The molecular weight excluding hydrogens is 258 g/mol. The van der Waals surface area contributed by atoms with Crippen LogP contribution in [-0.4, -0.2) is 11.1 Å². The second kappa shape index (κ2) is 5.63. The largest absolute Gasteiger partial charge is 0.379 e. The molecule has 0 radical (unpaired) electrons. The molecule has 21 heavy (non-hydrogen) atoms. The predicted molar refractivity (Wildman–Crippen MR) is 88.5 cm³/mol. The molecule has 0 bridgehead atoms. The van der Waals surface area contributed by atoms with E-state index in [9.17, 15) is 5.11 Å². The van der Waals surface area contributed by atoms with Gasteiger partial charge in [-0.15, -0.1) is 0 Å². The Balaban J connectivity index is 2.71. The average molecular weight is 283 g/mol. The quantitative estimate of drug-likeness (QED) is 0.905. The van der Waals surface area contributed by atoms with E-state index in [0.29, 0.717) is 0 Å². The first kappa shape index (κ1) is 15.7. The van der Waals surface area contributed by atoms with Crippen LogP contribution in [0.5, 0.6) is 0 Å². The highest BCUT2D eigenvalue weighted by Gasteiger charge is 2.38. The molecule has 0 aromatic heterocycles. The summed E-state index contributed by atoms with van der Waals surface area (Å²) in [5.41, 5.74) is 11.3. The molecule has 1 unspecified atom stereocenters. The first-order valence-electron chi connectivity index (χ1n) is 7.40. The number of nitrogens with two attached hydrogens (primary N) is 1. The van der Waals surface area contributed by atoms with Gasteiger partial charge in [-0.25, -0.2) is 0 Å². The molecule has 2 heteroatoms. The van der Waals surface area contributed by atoms with Crippen molar-refractivity contribution < 1.29 is 5.11 Å². The summed E-state index contributed by atoms with van der Waals surface area (Å²) in [6.45, 7) is 10.0. The third kappa shape index (κ3) is 2.74. The predicted octanol–water partition coefficient (Wildman–Crippen LogP) is 3.50. The Morgan fingerprint density at radius 1 is 0.857 bits per heavy atom. The number of hydrogen-bond acceptors (Lipinski definition) is 2. The third-order valence-corrected chi connectivity index (χ3v) is 4.24. The number of rotatable bonds is 3. The molecule has 2 aromatic carbocycles. The minimum atomic E-state index is -1.17. The van der Waals surface area contributed by atoms with E-state index in [1.165, 1.54) is 11.1 Å². The van der Waals surface area contributed by atoms with Gasteiger partial charge in [-0.1, -0.05) is 47.5 Å². The van der Waals surface area contributed by atoms with Gasteiger partial charge in [0, 0.05) is 6.04 Å². The monoisotopic (exact) mass is 283 g/mol. The zero-order valence-electron chi connectivity index (χ0n) is 13.6. The standard InChI is InChI=1S/C19H25NO/c1-12-6-8-17(14(3)10-12)19(21,16(5)20)18-9-7-13(2)11-15(18)4/h6-11,16,21H,20H2,1-5H3. The minimum Gasteiger partial charge on any atom is -0.379 e. The molecule has 0 heterocycles. The lowest BCUT2D eigenvalue weighted by atomic mass is 9.77. The van der Waals surface area contributed by atoms with Crippen LogP contribution >= 0.6 is 0 Å². The van der Waals surface area contributed by atoms with E-state index >= 15 is 0 Å². The van der Waals surface area contributed by atoms with Gasteiger partial charge < -0.3 is 10.8 Å². The zero-order chi connectivity index (χ0) is 15.8. The molecule has 2 rings (SSSR count). The second-order valence-electron chi connectivity index (χ2n) is 6.19. The van der Waals surface area contributed by atoms with Gasteiger partial charge >= 0.3 is 0 Å². The molecule has 0 aliphatic rings. The Morgan fingerprint density at radius 2 is 1.24 bits per heavy atom. The van der Waals surface area contributed by atoms with Crippen LogP contribution in [0.2, 0.25) is 0 Å². The summed E-state index contributed by atoms with van der Waals surface area (Å²) in [5, 5.41) is 11.4. The van der Waals surface area contributed by atoms with Crippen molar-refractivity contribution in [3.63, 3.8) is 0 Å². The average Bonchev–Trinajstić information content (AvgIpc) is 2.37. The molecule has 1 atom stereocenters. The van der Waals surface area contributed by atoms with Gasteiger partial charge in [0.15, 0.2) is 0 Å². The second-order valence-corrected chi connectivity index (χ2v) is 6.19. The highest BCUT2D eigenvalue weighted by Crippen LogP contribution is 2.36. The summed E-state index contributed by atoms with van der Waals surface area (Å²) in [5.74, 6) is 0. The van der Waals surface area contributed by atoms with Crippen LogP contribution in [0.15, 0.2) is 36.4 Å². The molecular formula is C19H25NO. The van der Waals surface area contributed by atoms with E-state index in [-0.39, 0.29) is 0 Å². The van der Waals surface area contributed by atoms with Crippen molar-refractivity contribution in [2.24, 2.45) is 5.73 Å². The fourth-order valence-electron chi connectivity index (χ4n) is 3.12. The summed E-state index contributed by atoms with van der Waals surface area (Å²) in [6, 6.07) is 11.8. The van der Waals surface area contributed by atoms with E-state index in [2.05, 4.69) is 26.0 Å². The Kier molecular flexibility index (Phi) is 4.22. The summed E-state index contributed by atoms with van der Waals surface area (Å²) in [4.78, 5) is 0. The number of hydrogen-bond donors (Lipinski definition) is 2. The van der Waals surface area contributed by atoms with Crippen molar-refractivity contribution in [3.05, 3.63) is 69.8 Å². The van der Waals surface area contributed by atoms with E-state index in [1.807, 2.05) is 45.0 Å². The summed E-state index contributed by atoms with van der Waals surface area (Å²) >= 11 is 0. The molecule has 0 aliphatic carbocycles. The molecule has 0 amide bonds. The van der Waals surface area contributed by atoms with Crippen LogP contribution in [0.3, 0.4) is 0 Å². The maximum Gasteiger partial charge on any atom is 0.130 e. The number of aryl methyl sites for hydroxylation is 4. The number of benzene rings is 2. The van der Waals surface area contributed by atoms with Gasteiger partial charge in [-0.3, -0.25) is 0 Å². The van der Waals surface area contributed by atoms with Gasteiger partial charge in [0.25, 0.3) is 0 Å². The summed E-state index contributed by atoms with van der Waals surface area (Å²) < 4.78 is 0. The van der Waals surface area contributed by atoms with Crippen molar-refractivity contribution in [1.82, 2.24) is 0 Å². The lowest BCUT2D eigenvalue weighted by Crippen LogP contribution is -2.45. The van der Waals surface area contributed by atoms with Crippen molar-refractivity contribution in [2.45, 2.75) is 46.3 Å². The lowest BCUT2D eigenvalue weighted by molar-refractivity contribution is 0.0566. The molecule has 0 aliphatic heterocycles. The third-order valence-electron chi connectivity index (χ3n) is 4.24. The molecule has 0 saturated heterocycles. The fourth-order valence-corrected chi connectivity index (χ4v) is 3.12. The van der Waals surface area contributed by atoms with E-state index in [4.69, 9.17) is 5.73 Å². The van der Waals surface area contributed by atoms with Crippen LogP contribution in [0.25, 0.3) is 0 Å². The highest BCUT2D eigenvalue weighted by molar-refractivity contribution is 5.47. The van der Waals surface area contributed by atoms with Gasteiger partial charge in [-0.2, -0.15) is 0 Å². The Bertz CT molecular complexity index is 607. The maximum atomic E-state index is 11.4. The maximum absolute atomic E-state index is 11.4. The summed E-state index contributed by atoms with van der Waals surface area (Å²) in [7, 11) is 0.